The summed E-state index contributed by atoms with van der Waals surface area (Å²) in [5.74, 6) is 0.100. The highest BCUT2D eigenvalue weighted by atomic mass is 35.5. The second kappa shape index (κ2) is 6.33. The largest absolute Gasteiger partial charge is 0.347 e. The van der Waals surface area contributed by atoms with Crippen LogP contribution < -0.4 is 5.32 Å². The van der Waals surface area contributed by atoms with Gasteiger partial charge in [-0.3, -0.25) is 9.00 Å². The van der Waals surface area contributed by atoms with Crippen LogP contribution in [0, 0.1) is 0 Å². The fourth-order valence-corrected chi connectivity index (χ4v) is 3.01. The number of nitrogens with one attached hydrogen (secondary N) is 1. The normalized spacial score (nSPS) is 13.9. The van der Waals surface area contributed by atoms with E-state index in [1.165, 1.54) is 0 Å². The first kappa shape index (κ1) is 14.9. The van der Waals surface area contributed by atoms with Crippen LogP contribution in [0.2, 0.25) is 5.15 Å². The van der Waals surface area contributed by atoms with Crippen LogP contribution in [0.15, 0.2) is 30.3 Å². The number of halogens is 1. The lowest BCUT2D eigenvalue weighted by Crippen LogP contribution is -2.36. The van der Waals surface area contributed by atoms with Gasteiger partial charge >= 0.3 is 0 Å². The molecule has 0 fully saturated rings. The Kier molecular flexibility index (Phi) is 4.73. The number of pyridine rings is 1. The molecule has 0 saturated heterocycles. The van der Waals surface area contributed by atoms with Crippen molar-refractivity contribution in [2.75, 3.05) is 12.0 Å². The fourth-order valence-electron chi connectivity index (χ4n) is 1.96. The van der Waals surface area contributed by atoms with Crippen LogP contribution in [-0.2, 0) is 10.8 Å². The lowest BCUT2D eigenvalue weighted by Gasteiger charge is -2.12. The lowest BCUT2D eigenvalue weighted by atomic mass is 10.1. The van der Waals surface area contributed by atoms with E-state index in [1.807, 2.05) is 31.2 Å². The molecule has 0 aliphatic carbocycles. The van der Waals surface area contributed by atoms with Crippen LogP contribution in [0.5, 0.6) is 0 Å². The second-order valence-corrected chi connectivity index (χ2v) is 6.47. The fraction of sp³-hybridized carbons (Fsp3) is 0.286. The van der Waals surface area contributed by atoms with E-state index in [4.69, 9.17) is 11.6 Å². The first-order chi connectivity index (χ1) is 9.47. The summed E-state index contributed by atoms with van der Waals surface area (Å²) in [4.78, 5) is 16.2. The SMILES string of the molecule is CC(CS(C)=O)NC(=O)c1cc2ccccc2c(Cl)n1. The van der Waals surface area contributed by atoms with E-state index in [1.54, 1.807) is 12.3 Å². The predicted molar refractivity (Wildman–Crippen MR) is 82.6 cm³/mol. The number of carbonyl (C=O) groups is 1. The van der Waals surface area contributed by atoms with E-state index in [9.17, 15) is 9.00 Å². The van der Waals surface area contributed by atoms with Crippen LogP contribution in [0.25, 0.3) is 10.8 Å². The molecule has 2 unspecified atom stereocenters. The number of amides is 1. The van der Waals surface area contributed by atoms with Crippen molar-refractivity contribution < 1.29 is 9.00 Å². The zero-order chi connectivity index (χ0) is 14.7. The molecular weight excluding hydrogens is 296 g/mol. The lowest BCUT2D eigenvalue weighted by molar-refractivity contribution is 0.0939. The van der Waals surface area contributed by atoms with E-state index in [2.05, 4.69) is 10.3 Å². The van der Waals surface area contributed by atoms with Gasteiger partial charge in [0.25, 0.3) is 5.91 Å². The van der Waals surface area contributed by atoms with Gasteiger partial charge < -0.3 is 5.32 Å². The van der Waals surface area contributed by atoms with Crippen molar-refractivity contribution in [3.63, 3.8) is 0 Å². The number of nitrogens with zero attached hydrogens (tertiary/aromatic N) is 1. The van der Waals surface area contributed by atoms with Crippen molar-refractivity contribution in [3.8, 4) is 0 Å². The summed E-state index contributed by atoms with van der Waals surface area (Å²) in [6.07, 6.45) is 1.60. The van der Waals surface area contributed by atoms with Gasteiger partial charge in [-0.1, -0.05) is 35.9 Å². The van der Waals surface area contributed by atoms with Gasteiger partial charge in [-0.2, -0.15) is 0 Å². The van der Waals surface area contributed by atoms with E-state index in [0.29, 0.717) is 10.9 Å². The molecule has 1 amide bonds. The van der Waals surface area contributed by atoms with Crippen molar-refractivity contribution in [2.24, 2.45) is 0 Å². The minimum Gasteiger partial charge on any atom is -0.347 e. The Hall–Kier alpha value is -1.46. The van der Waals surface area contributed by atoms with Crippen LogP contribution in [-0.4, -0.2) is 33.2 Å². The standard InChI is InChI=1S/C14H15ClN2O2S/c1-9(8-20(2)19)16-14(18)12-7-10-5-3-4-6-11(10)13(15)17-12/h3-7,9H,8H2,1-2H3,(H,16,18). The first-order valence-corrected chi connectivity index (χ1v) is 8.24. The Morgan fingerprint density at radius 1 is 1.45 bits per heavy atom. The molecular formula is C14H15ClN2O2S. The second-order valence-electron chi connectivity index (χ2n) is 4.63. The van der Waals surface area contributed by atoms with Gasteiger partial charge in [0.1, 0.15) is 10.8 Å². The van der Waals surface area contributed by atoms with Crippen molar-refractivity contribution in [2.45, 2.75) is 13.0 Å². The average molecular weight is 311 g/mol. The van der Waals surface area contributed by atoms with Gasteiger partial charge in [-0.05, 0) is 18.4 Å². The van der Waals surface area contributed by atoms with Gasteiger partial charge in [-0.25, -0.2) is 4.98 Å². The first-order valence-electron chi connectivity index (χ1n) is 6.13. The van der Waals surface area contributed by atoms with Gasteiger partial charge in [0.2, 0.25) is 0 Å². The molecule has 6 heteroatoms. The van der Waals surface area contributed by atoms with E-state index >= 15 is 0 Å². The van der Waals surface area contributed by atoms with E-state index in [-0.39, 0.29) is 17.6 Å². The highest BCUT2D eigenvalue weighted by Crippen LogP contribution is 2.22. The molecule has 2 atom stereocenters. The van der Waals surface area contributed by atoms with Gasteiger partial charge in [-0.15, -0.1) is 0 Å². The van der Waals surface area contributed by atoms with Crippen molar-refractivity contribution in [1.82, 2.24) is 10.3 Å². The Morgan fingerprint density at radius 3 is 2.85 bits per heavy atom. The van der Waals surface area contributed by atoms with Crippen molar-refractivity contribution >= 4 is 39.1 Å². The molecule has 0 saturated carbocycles. The molecule has 106 valence electrons. The highest BCUT2D eigenvalue weighted by Gasteiger charge is 2.14. The zero-order valence-electron chi connectivity index (χ0n) is 11.2. The number of fused-ring (bicyclic) bond motifs is 1. The Morgan fingerprint density at radius 2 is 2.15 bits per heavy atom. The molecule has 20 heavy (non-hydrogen) atoms. The number of hydrogen-bond acceptors (Lipinski definition) is 3. The van der Waals surface area contributed by atoms with Gasteiger partial charge in [0.15, 0.2) is 0 Å². The molecule has 1 N–H and O–H groups in total. The summed E-state index contributed by atoms with van der Waals surface area (Å²) in [6, 6.07) is 9.00. The summed E-state index contributed by atoms with van der Waals surface area (Å²) in [5, 5.41) is 4.75. The molecule has 1 heterocycles. The molecule has 0 bridgehead atoms. The maximum absolute atomic E-state index is 12.1. The number of carbonyl (C=O) groups excluding carboxylic acids is 1. The maximum Gasteiger partial charge on any atom is 0.270 e. The number of benzene rings is 1. The van der Waals surface area contributed by atoms with Crippen molar-refractivity contribution in [3.05, 3.63) is 41.2 Å². The third kappa shape index (κ3) is 3.55. The van der Waals surface area contributed by atoms with E-state index in [0.717, 1.165) is 10.8 Å². The van der Waals surface area contributed by atoms with Gasteiger partial charge in [0.05, 0.1) is 0 Å². The minimum absolute atomic E-state index is 0.180. The molecule has 1 aromatic carbocycles. The molecule has 0 aliphatic heterocycles. The average Bonchev–Trinajstić information content (AvgIpc) is 2.37. The third-order valence-corrected chi connectivity index (χ3v) is 4.05. The van der Waals surface area contributed by atoms with Crippen molar-refractivity contribution in [1.29, 1.82) is 0 Å². The van der Waals surface area contributed by atoms with E-state index < -0.39 is 10.8 Å². The topological polar surface area (TPSA) is 59.1 Å². The summed E-state index contributed by atoms with van der Waals surface area (Å²) in [6.45, 7) is 1.81. The van der Waals surface area contributed by atoms with Crippen LogP contribution in [0.3, 0.4) is 0 Å². The molecule has 1 aromatic heterocycles. The quantitative estimate of drug-likeness (QED) is 0.882. The van der Waals surface area contributed by atoms with Crippen LogP contribution >= 0.6 is 11.6 Å². The Labute approximate surface area is 125 Å². The number of rotatable bonds is 4. The molecule has 2 rings (SSSR count). The Balaban J connectivity index is 2.24. The monoisotopic (exact) mass is 310 g/mol. The number of aromatic nitrogens is 1. The number of hydrogen-bond donors (Lipinski definition) is 1. The maximum atomic E-state index is 12.1. The van der Waals surface area contributed by atoms with Gasteiger partial charge in [0, 0.05) is 34.2 Å². The predicted octanol–water partition coefficient (Wildman–Crippen LogP) is 2.39. The zero-order valence-corrected chi connectivity index (χ0v) is 12.8. The summed E-state index contributed by atoms with van der Waals surface area (Å²) in [5.41, 5.74) is 0.266. The summed E-state index contributed by atoms with van der Waals surface area (Å²) < 4.78 is 11.1. The molecule has 0 aliphatic rings. The third-order valence-electron chi connectivity index (χ3n) is 2.79. The summed E-state index contributed by atoms with van der Waals surface area (Å²) in [7, 11) is -0.956. The van der Waals surface area contributed by atoms with Crippen LogP contribution in [0.1, 0.15) is 17.4 Å². The Bertz CT molecular complexity index is 675. The van der Waals surface area contributed by atoms with Crippen LogP contribution in [0.4, 0.5) is 0 Å². The minimum atomic E-state index is -0.956. The summed E-state index contributed by atoms with van der Waals surface area (Å²) >= 11 is 6.09. The molecule has 2 aromatic rings. The smallest absolute Gasteiger partial charge is 0.270 e. The molecule has 0 radical (unpaired) electrons. The molecule has 4 nitrogen and oxygen atoms in total. The molecule has 0 spiro atoms. The highest BCUT2D eigenvalue weighted by molar-refractivity contribution is 7.84.